The van der Waals surface area contributed by atoms with Gasteiger partial charge < -0.3 is 4.74 Å². The minimum Gasteiger partial charge on any atom is -0.463 e. The monoisotopic (exact) mass is 561 g/mol. The van der Waals surface area contributed by atoms with Gasteiger partial charge in [-0.15, -0.1) is 0 Å². The predicted octanol–water partition coefficient (Wildman–Crippen LogP) is 7.02. The molecule has 3 aromatic carbocycles. The largest absolute Gasteiger partial charge is 0.463 e. The highest BCUT2D eigenvalue weighted by Gasteiger charge is 2.42. The summed E-state index contributed by atoms with van der Waals surface area (Å²) in [5, 5.41) is 18.8. The summed E-state index contributed by atoms with van der Waals surface area (Å²) in [4.78, 5) is 10.9. The van der Waals surface area contributed by atoms with Crippen molar-refractivity contribution in [1.82, 2.24) is 5.01 Å². The first-order valence-electron chi connectivity index (χ1n) is 9.42. The van der Waals surface area contributed by atoms with Gasteiger partial charge in [0, 0.05) is 39.2 Å². The van der Waals surface area contributed by atoms with Crippen molar-refractivity contribution in [3.63, 3.8) is 0 Å². The van der Waals surface area contributed by atoms with Gasteiger partial charge in [-0.25, -0.2) is 5.01 Å². The van der Waals surface area contributed by atoms with E-state index < -0.39 is 11.2 Å². The van der Waals surface area contributed by atoms with Crippen molar-refractivity contribution in [3.8, 4) is 5.75 Å². The summed E-state index contributed by atoms with van der Waals surface area (Å²) in [5.74, 6) is 0.716. The molecule has 2 heterocycles. The summed E-state index contributed by atoms with van der Waals surface area (Å²) in [7, 11) is 0. The predicted molar refractivity (Wildman–Crippen MR) is 125 cm³/mol. The van der Waals surface area contributed by atoms with E-state index in [0.717, 1.165) is 25.8 Å². The van der Waals surface area contributed by atoms with E-state index in [4.69, 9.17) is 21.4 Å². The van der Waals surface area contributed by atoms with Gasteiger partial charge in [-0.1, -0.05) is 51.8 Å². The Balaban J connectivity index is 1.63. The third kappa shape index (κ3) is 3.73. The maximum Gasteiger partial charge on any atom is 0.269 e. The quantitative estimate of drug-likeness (QED) is 0.254. The van der Waals surface area contributed by atoms with Crippen LogP contribution in [0.5, 0.6) is 5.75 Å². The number of benzene rings is 3. The lowest BCUT2D eigenvalue weighted by Crippen LogP contribution is -2.34. The Morgan fingerprint density at radius 1 is 1.13 bits per heavy atom. The number of nitro groups is 1. The van der Waals surface area contributed by atoms with Crippen LogP contribution in [0.3, 0.4) is 0 Å². The standard InChI is InChI=1S/C22H14Br2ClN3O3/c23-14-9-17-20-11-19(12-4-6-15(25)7-5-12)26-27(20)22(31-21(17)18(24)10-14)13-2-1-3-16(8-13)28(29)30/h1-10,20,22H,11H2/t20-,22-/m0/s1. The van der Waals surface area contributed by atoms with Gasteiger partial charge in [0.05, 0.1) is 21.1 Å². The molecule has 0 saturated heterocycles. The van der Waals surface area contributed by atoms with Crippen LogP contribution in [0, 0.1) is 10.1 Å². The molecule has 0 aliphatic carbocycles. The molecule has 0 aromatic heterocycles. The highest BCUT2D eigenvalue weighted by molar-refractivity contribution is 9.11. The maximum absolute atomic E-state index is 11.3. The molecular formula is C22H14Br2ClN3O3. The molecule has 0 unspecified atom stereocenters. The third-order valence-electron chi connectivity index (χ3n) is 5.35. The number of nitro benzene ring substituents is 1. The first-order valence-corrected chi connectivity index (χ1v) is 11.4. The molecule has 0 spiro atoms. The lowest BCUT2D eigenvalue weighted by atomic mass is 9.96. The Bertz CT molecular complexity index is 1230. The van der Waals surface area contributed by atoms with E-state index in [0.29, 0.717) is 22.8 Å². The lowest BCUT2D eigenvalue weighted by Gasteiger charge is -2.38. The van der Waals surface area contributed by atoms with E-state index in [1.54, 1.807) is 6.07 Å². The Hall–Kier alpha value is -2.42. The fourth-order valence-electron chi connectivity index (χ4n) is 3.94. The van der Waals surface area contributed by atoms with Gasteiger partial charge in [-0.2, -0.15) is 5.10 Å². The zero-order valence-electron chi connectivity index (χ0n) is 15.8. The first kappa shape index (κ1) is 20.5. The smallest absolute Gasteiger partial charge is 0.269 e. The average molecular weight is 564 g/mol. The van der Waals surface area contributed by atoms with Gasteiger partial charge in [-0.3, -0.25) is 10.1 Å². The topological polar surface area (TPSA) is 68.0 Å². The Morgan fingerprint density at radius 2 is 1.90 bits per heavy atom. The molecule has 0 amide bonds. The van der Waals surface area contributed by atoms with Gasteiger partial charge in [0.2, 0.25) is 6.23 Å². The van der Waals surface area contributed by atoms with Crippen LogP contribution in [0.15, 0.2) is 74.7 Å². The fraction of sp³-hybridized carbons (Fsp3) is 0.136. The lowest BCUT2D eigenvalue weighted by molar-refractivity contribution is -0.385. The molecule has 0 saturated carbocycles. The molecule has 6 nitrogen and oxygen atoms in total. The number of hydrazone groups is 1. The minimum absolute atomic E-state index is 0.0134. The minimum atomic E-state index is -0.598. The van der Waals surface area contributed by atoms with Crippen LogP contribution in [0.1, 0.15) is 35.4 Å². The van der Waals surface area contributed by atoms with Crippen molar-refractivity contribution in [1.29, 1.82) is 0 Å². The number of ether oxygens (including phenoxy) is 1. The summed E-state index contributed by atoms with van der Waals surface area (Å²) in [6.45, 7) is 0. The zero-order valence-corrected chi connectivity index (χ0v) is 19.8. The van der Waals surface area contributed by atoms with Crippen molar-refractivity contribution >= 4 is 54.9 Å². The SMILES string of the molecule is O=[N+]([O-])c1cccc([C@@H]2Oc3c(Br)cc(Br)cc3[C@@H]3CC(c4ccc(Cl)cc4)=NN32)c1. The van der Waals surface area contributed by atoms with Crippen LogP contribution < -0.4 is 4.74 Å². The van der Waals surface area contributed by atoms with Gasteiger partial charge >= 0.3 is 0 Å². The van der Waals surface area contributed by atoms with Crippen LogP contribution in [-0.4, -0.2) is 15.6 Å². The Labute approximate surface area is 199 Å². The number of fused-ring (bicyclic) bond motifs is 3. The number of hydrogen-bond acceptors (Lipinski definition) is 5. The van der Waals surface area contributed by atoms with Crippen molar-refractivity contribution in [2.75, 3.05) is 0 Å². The van der Waals surface area contributed by atoms with E-state index in [1.807, 2.05) is 47.5 Å². The summed E-state index contributed by atoms with van der Waals surface area (Å²) < 4.78 is 8.10. The molecular weight excluding hydrogens is 550 g/mol. The van der Waals surface area contributed by atoms with Crippen molar-refractivity contribution in [3.05, 3.63) is 101 Å². The summed E-state index contributed by atoms with van der Waals surface area (Å²) in [6.07, 6.45) is 0.0754. The number of nitrogens with zero attached hydrogens (tertiary/aromatic N) is 3. The van der Waals surface area contributed by atoms with Gasteiger partial charge in [-0.05, 0) is 45.8 Å². The van der Waals surface area contributed by atoms with Crippen LogP contribution in [-0.2, 0) is 0 Å². The van der Waals surface area contributed by atoms with Crippen LogP contribution in [0.2, 0.25) is 5.02 Å². The zero-order chi connectivity index (χ0) is 21.7. The molecule has 0 fully saturated rings. The van der Waals surface area contributed by atoms with E-state index >= 15 is 0 Å². The fourth-order valence-corrected chi connectivity index (χ4v) is 5.42. The number of non-ortho nitro benzene ring substituents is 1. The first-order chi connectivity index (χ1) is 14.9. The number of rotatable bonds is 3. The third-order valence-corrected chi connectivity index (χ3v) is 6.65. The van der Waals surface area contributed by atoms with Crippen molar-refractivity contribution in [2.24, 2.45) is 5.10 Å². The van der Waals surface area contributed by atoms with Crippen LogP contribution >= 0.6 is 43.5 Å². The second-order valence-electron chi connectivity index (χ2n) is 7.28. The van der Waals surface area contributed by atoms with Gasteiger partial charge in [0.1, 0.15) is 5.75 Å². The van der Waals surface area contributed by atoms with Gasteiger partial charge in [0.25, 0.3) is 5.69 Å². The maximum atomic E-state index is 11.3. The average Bonchev–Trinajstić information content (AvgIpc) is 3.19. The van der Waals surface area contributed by atoms with Crippen molar-refractivity contribution < 1.29 is 9.66 Å². The molecule has 9 heteroatoms. The number of hydrogen-bond donors (Lipinski definition) is 0. The molecule has 0 N–H and O–H groups in total. The molecule has 2 aliphatic rings. The molecule has 0 bridgehead atoms. The van der Waals surface area contributed by atoms with Gasteiger partial charge in [0.15, 0.2) is 0 Å². The second-order valence-corrected chi connectivity index (χ2v) is 9.49. The molecule has 0 radical (unpaired) electrons. The van der Waals surface area contributed by atoms with Crippen LogP contribution in [0.4, 0.5) is 5.69 Å². The van der Waals surface area contributed by atoms with E-state index in [2.05, 4.69) is 31.9 Å². The Kier molecular flexibility index (Phi) is 5.24. The van der Waals surface area contributed by atoms with Crippen LogP contribution in [0.25, 0.3) is 0 Å². The summed E-state index contributed by atoms with van der Waals surface area (Å²) in [5.41, 5.74) is 3.56. The second kappa shape index (κ2) is 7.93. The highest BCUT2D eigenvalue weighted by Crippen LogP contribution is 2.51. The summed E-state index contributed by atoms with van der Waals surface area (Å²) >= 11 is 13.2. The molecule has 31 heavy (non-hydrogen) atoms. The number of halogens is 3. The molecule has 2 atom stereocenters. The molecule has 5 rings (SSSR count). The Morgan fingerprint density at radius 3 is 2.65 bits per heavy atom. The van der Waals surface area contributed by atoms with E-state index in [9.17, 15) is 10.1 Å². The molecule has 3 aromatic rings. The molecule has 156 valence electrons. The summed E-state index contributed by atoms with van der Waals surface area (Å²) in [6, 6.07) is 17.9. The van der Waals surface area contributed by atoms with E-state index in [1.165, 1.54) is 12.1 Å². The normalized spacial score (nSPS) is 19.3. The molecule has 2 aliphatic heterocycles. The van der Waals surface area contributed by atoms with Crippen molar-refractivity contribution in [2.45, 2.75) is 18.7 Å². The van der Waals surface area contributed by atoms with E-state index in [-0.39, 0.29) is 11.7 Å². The highest BCUT2D eigenvalue weighted by atomic mass is 79.9.